The predicted octanol–water partition coefficient (Wildman–Crippen LogP) is 2.96. The van der Waals surface area contributed by atoms with E-state index in [-0.39, 0.29) is 5.97 Å². The van der Waals surface area contributed by atoms with Crippen LogP contribution in [0, 0.1) is 0 Å². The summed E-state index contributed by atoms with van der Waals surface area (Å²) in [6.45, 7) is 7.33. The van der Waals surface area contributed by atoms with Gasteiger partial charge in [0.25, 0.3) is 0 Å². The predicted molar refractivity (Wildman–Crippen MR) is 64.4 cm³/mol. The Labute approximate surface area is 94.3 Å². The fourth-order valence-corrected chi connectivity index (χ4v) is 4.35. The summed E-state index contributed by atoms with van der Waals surface area (Å²) in [6.07, 6.45) is 1.25. The van der Waals surface area contributed by atoms with Gasteiger partial charge in [-0.3, -0.25) is 4.79 Å². The van der Waals surface area contributed by atoms with Gasteiger partial charge in [-0.2, -0.15) is 0 Å². The zero-order chi connectivity index (χ0) is 11.7. The monoisotopic (exact) mass is 232 g/mol. The Balaban J connectivity index is 3.76. The quantitative estimate of drug-likeness (QED) is 0.367. The maximum Gasteiger partial charge on any atom is 0.305 e. The van der Waals surface area contributed by atoms with Crippen LogP contribution in [0.25, 0.3) is 0 Å². The van der Waals surface area contributed by atoms with E-state index < -0.39 is 8.32 Å². The van der Waals surface area contributed by atoms with Gasteiger partial charge < -0.3 is 9.16 Å². The third kappa shape index (κ3) is 5.32. The van der Waals surface area contributed by atoms with Gasteiger partial charge in [-0.05, 0) is 24.6 Å². The third-order valence-corrected chi connectivity index (χ3v) is 7.78. The van der Waals surface area contributed by atoms with Gasteiger partial charge in [0.15, 0.2) is 8.32 Å². The topological polar surface area (TPSA) is 35.5 Å². The molecule has 0 fully saturated rings. The first-order chi connectivity index (χ1) is 7.14. The van der Waals surface area contributed by atoms with Gasteiger partial charge in [0, 0.05) is 13.0 Å². The molecule has 0 unspecified atom stereocenters. The van der Waals surface area contributed by atoms with Crippen molar-refractivity contribution < 1.29 is 14.0 Å². The summed E-state index contributed by atoms with van der Waals surface area (Å²) in [5, 5.41) is 0. The maximum absolute atomic E-state index is 10.9. The summed E-state index contributed by atoms with van der Waals surface area (Å²) in [5.74, 6) is -0.143. The lowest BCUT2D eigenvalue weighted by Gasteiger charge is -2.27. The third-order valence-electron chi connectivity index (χ3n) is 3.09. The molecule has 0 aromatic carbocycles. The molecule has 3 nitrogen and oxygen atoms in total. The van der Waals surface area contributed by atoms with Gasteiger partial charge in [-0.1, -0.05) is 20.8 Å². The molecule has 0 aliphatic heterocycles. The molecule has 0 spiro atoms. The van der Waals surface area contributed by atoms with E-state index in [1.165, 1.54) is 7.11 Å². The van der Waals surface area contributed by atoms with Crippen molar-refractivity contribution in [3.8, 4) is 0 Å². The summed E-state index contributed by atoms with van der Waals surface area (Å²) in [5.41, 5.74) is 0. The fourth-order valence-electron chi connectivity index (χ4n) is 1.66. The van der Waals surface area contributed by atoms with Crippen LogP contribution in [0.3, 0.4) is 0 Å². The Morgan fingerprint density at radius 3 is 2.07 bits per heavy atom. The van der Waals surface area contributed by atoms with Crippen molar-refractivity contribution in [3.63, 3.8) is 0 Å². The van der Waals surface area contributed by atoms with E-state index in [1.807, 2.05) is 0 Å². The van der Waals surface area contributed by atoms with E-state index in [0.29, 0.717) is 13.0 Å². The van der Waals surface area contributed by atoms with E-state index in [2.05, 4.69) is 25.5 Å². The number of carbonyl (C=O) groups excluding carboxylic acids is 1. The van der Waals surface area contributed by atoms with Crippen LogP contribution in [-0.4, -0.2) is 28.0 Å². The molecular weight excluding hydrogens is 208 g/mol. The lowest BCUT2D eigenvalue weighted by molar-refractivity contribution is -0.140. The largest absolute Gasteiger partial charge is 0.469 e. The first kappa shape index (κ1) is 14.6. The molecule has 0 radical (unpaired) electrons. The van der Waals surface area contributed by atoms with E-state index in [4.69, 9.17) is 4.43 Å². The normalized spacial score (nSPS) is 11.5. The second-order valence-corrected chi connectivity index (χ2v) is 8.55. The summed E-state index contributed by atoms with van der Waals surface area (Å²) in [4.78, 5) is 10.9. The van der Waals surface area contributed by atoms with Crippen molar-refractivity contribution in [1.29, 1.82) is 0 Å². The number of rotatable bonds is 8. The molecule has 0 saturated heterocycles. The van der Waals surface area contributed by atoms with Crippen molar-refractivity contribution in [2.24, 2.45) is 0 Å². The van der Waals surface area contributed by atoms with E-state index in [1.54, 1.807) is 0 Å². The Bertz CT molecular complexity index is 170. The molecule has 0 aromatic heterocycles. The van der Waals surface area contributed by atoms with Crippen LogP contribution in [0.4, 0.5) is 0 Å². The molecule has 0 aromatic rings. The first-order valence-electron chi connectivity index (χ1n) is 5.84. The number of hydrogen-bond acceptors (Lipinski definition) is 3. The Morgan fingerprint density at radius 2 is 1.67 bits per heavy atom. The van der Waals surface area contributed by atoms with Crippen LogP contribution in [0.2, 0.25) is 18.1 Å². The summed E-state index contributed by atoms with van der Waals surface area (Å²) in [7, 11) is -0.0287. The number of hydrogen-bond donors (Lipinski definition) is 0. The number of ether oxygens (including phenoxy) is 1. The van der Waals surface area contributed by atoms with Crippen LogP contribution in [0.15, 0.2) is 0 Å². The van der Waals surface area contributed by atoms with E-state index >= 15 is 0 Å². The summed E-state index contributed by atoms with van der Waals surface area (Å²) < 4.78 is 10.6. The zero-order valence-corrected chi connectivity index (χ0v) is 11.5. The average molecular weight is 232 g/mol. The van der Waals surface area contributed by atoms with Crippen LogP contribution < -0.4 is 0 Å². The maximum atomic E-state index is 10.9. The molecule has 0 bridgehead atoms. The molecule has 0 rings (SSSR count). The first-order valence-corrected chi connectivity index (χ1v) is 8.37. The highest BCUT2D eigenvalue weighted by Crippen LogP contribution is 2.21. The molecule has 0 atom stereocenters. The minimum absolute atomic E-state index is 0.143. The van der Waals surface area contributed by atoms with Gasteiger partial charge in [-0.15, -0.1) is 0 Å². The van der Waals surface area contributed by atoms with Crippen molar-refractivity contribution in [1.82, 2.24) is 0 Å². The molecule has 0 aliphatic rings. The van der Waals surface area contributed by atoms with Crippen molar-refractivity contribution in [3.05, 3.63) is 0 Å². The number of methoxy groups -OCH3 is 1. The molecule has 0 amide bonds. The minimum Gasteiger partial charge on any atom is -0.469 e. The second-order valence-electron chi connectivity index (χ2n) is 3.77. The Morgan fingerprint density at radius 1 is 1.13 bits per heavy atom. The zero-order valence-electron chi connectivity index (χ0n) is 10.5. The van der Waals surface area contributed by atoms with Gasteiger partial charge in [-0.25, -0.2) is 0 Å². The standard InChI is InChI=1S/C11H24O3Si/c1-5-15(6-2,7-3)14-10-8-9-11(12)13-4/h5-10H2,1-4H3. The van der Waals surface area contributed by atoms with Crippen LogP contribution in [0.1, 0.15) is 33.6 Å². The second kappa shape index (κ2) is 7.88. The van der Waals surface area contributed by atoms with E-state index in [0.717, 1.165) is 24.6 Å². The van der Waals surface area contributed by atoms with Crippen molar-refractivity contribution >= 4 is 14.3 Å². The van der Waals surface area contributed by atoms with Gasteiger partial charge in [0.05, 0.1) is 7.11 Å². The minimum atomic E-state index is -1.45. The van der Waals surface area contributed by atoms with Crippen LogP contribution in [0.5, 0.6) is 0 Å². The number of carbonyl (C=O) groups is 1. The molecule has 90 valence electrons. The summed E-state index contributed by atoms with van der Waals surface area (Å²) in [6, 6.07) is 3.49. The molecule has 0 saturated carbocycles. The van der Waals surface area contributed by atoms with Crippen molar-refractivity contribution in [2.45, 2.75) is 51.7 Å². The van der Waals surface area contributed by atoms with Crippen LogP contribution in [-0.2, 0) is 14.0 Å². The molecule has 0 aliphatic carbocycles. The van der Waals surface area contributed by atoms with Gasteiger partial charge in [0.2, 0.25) is 0 Å². The lowest BCUT2D eigenvalue weighted by Crippen LogP contribution is -2.36. The Kier molecular flexibility index (Phi) is 7.69. The molecular formula is C11H24O3Si. The highest BCUT2D eigenvalue weighted by molar-refractivity contribution is 6.73. The Hall–Kier alpha value is -0.353. The molecule has 15 heavy (non-hydrogen) atoms. The summed E-state index contributed by atoms with van der Waals surface area (Å²) >= 11 is 0. The smallest absolute Gasteiger partial charge is 0.305 e. The SMILES string of the molecule is CC[Si](CC)(CC)OCCCC(=O)OC. The van der Waals surface area contributed by atoms with Gasteiger partial charge >= 0.3 is 5.97 Å². The molecule has 0 heterocycles. The highest BCUT2D eigenvalue weighted by atomic mass is 28.4. The molecule has 0 N–H and O–H groups in total. The van der Waals surface area contributed by atoms with Crippen LogP contribution >= 0.6 is 0 Å². The number of esters is 1. The lowest BCUT2D eigenvalue weighted by atomic mass is 10.3. The average Bonchev–Trinajstić information content (AvgIpc) is 2.30. The van der Waals surface area contributed by atoms with Gasteiger partial charge in [0.1, 0.15) is 0 Å². The fraction of sp³-hybridized carbons (Fsp3) is 0.909. The highest BCUT2D eigenvalue weighted by Gasteiger charge is 2.28. The van der Waals surface area contributed by atoms with Crippen molar-refractivity contribution in [2.75, 3.05) is 13.7 Å². The van der Waals surface area contributed by atoms with E-state index in [9.17, 15) is 4.79 Å². The molecule has 4 heteroatoms.